The fourth-order valence-corrected chi connectivity index (χ4v) is 3.92. The highest BCUT2D eigenvalue weighted by molar-refractivity contribution is 5.96. The van der Waals surface area contributed by atoms with Crippen LogP contribution in [-0.2, 0) is 9.59 Å². The lowest BCUT2D eigenvalue weighted by atomic mass is 9.78. The Balaban J connectivity index is 1.73. The van der Waals surface area contributed by atoms with E-state index in [1.54, 1.807) is 0 Å². The topological polar surface area (TPSA) is 110 Å². The zero-order chi connectivity index (χ0) is 15.9. The smallest absolute Gasteiger partial charge is 0.307 e. The van der Waals surface area contributed by atoms with Gasteiger partial charge in [0.2, 0.25) is 5.91 Å². The van der Waals surface area contributed by atoms with E-state index in [4.69, 9.17) is 0 Å². The molecule has 1 amide bonds. The number of nitro benzene ring substituents is 1. The number of nitro groups is 1. The van der Waals surface area contributed by atoms with E-state index >= 15 is 0 Å². The summed E-state index contributed by atoms with van der Waals surface area (Å²) in [7, 11) is 0. The van der Waals surface area contributed by atoms with Crippen LogP contribution in [0.4, 0.5) is 11.4 Å². The van der Waals surface area contributed by atoms with Crippen LogP contribution < -0.4 is 5.32 Å². The van der Waals surface area contributed by atoms with Gasteiger partial charge in [0, 0.05) is 17.8 Å². The molecule has 3 rings (SSSR count). The Morgan fingerprint density at radius 3 is 2.27 bits per heavy atom. The van der Waals surface area contributed by atoms with Gasteiger partial charge in [-0.25, -0.2) is 0 Å². The highest BCUT2D eigenvalue weighted by atomic mass is 16.6. The van der Waals surface area contributed by atoms with Gasteiger partial charge in [0.05, 0.1) is 16.8 Å². The summed E-state index contributed by atoms with van der Waals surface area (Å²) in [5.41, 5.74) is 0.392. The summed E-state index contributed by atoms with van der Waals surface area (Å²) in [6.45, 7) is 0. The van der Waals surface area contributed by atoms with Crippen molar-refractivity contribution in [1.29, 1.82) is 0 Å². The molecule has 0 spiro atoms. The van der Waals surface area contributed by atoms with E-state index < -0.39 is 22.7 Å². The van der Waals surface area contributed by atoms with Crippen molar-refractivity contribution in [1.82, 2.24) is 0 Å². The first-order valence-electron chi connectivity index (χ1n) is 7.25. The monoisotopic (exact) mass is 304 g/mol. The van der Waals surface area contributed by atoms with Crippen molar-refractivity contribution in [2.24, 2.45) is 23.7 Å². The maximum Gasteiger partial charge on any atom is 0.307 e. The van der Waals surface area contributed by atoms with Crippen LogP contribution in [0.15, 0.2) is 24.3 Å². The van der Waals surface area contributed by atoms with Crippen LogP contribution in [-0.4, -0.2) is 21.9 Å². The Hall–Kier alpha value is -2.44. The van der Waals surface area contributed by atoms with Gasteiger partial charge in [0.15, 0.2) is 0 Å². The van der Waals surface area contributed by atoms with Crippen LogP contribution in [0.2, 0.25) is 0 Å². The SMILES string of the molecule is O=C(O)C1C2CCC(C2)C1C(=O)Nc1ccc([N+](=O)[O-])cc1. The number of hydrogen-bond acceptors (Lipinski definition) is 4. The zero-order valence-electron chi connectivity index (χ0n) is 11.8. The van der Waals surface area contributed by atoms with Crippen LogP contribution in [0.1, 0.15) is 19.3 Å². The second-order valence-corrected chi connectivity index (χ2v) is 6.02. The highest BCUT2D eigenvalue weighted by Crippen LogP contribution is 2.52. The molecule has 4 unspecified atom stereocenters. The third kappa shape index (κ3) is 2.43. The Bertz CT molecular complexity index is 627. The number of nitrogens with zero attached hydrogens (tertiary/aromatic N) is 1. The van der Waals surface area contributed by atoms with Crippen LogP contribution >= 0.6 is 0 Å². The van der Waals surface area contributed by atoms with Crippen molar-refractivity contribution in [2.45, 2.75) is 19.3 Å². The minimum Gasteiger partial charge on any atom is -0.481 e. The van der Waals surface area contributed by atoms with Gasteiger partial charge >= 0.3 is 5.97 Å². The Kier molecular flexibility index (Phi) is 3.56. The minimum absolute atomic E-state index is 0.0543. The molecule has 0 radical (unpaired) electrons. The normalized spacial score (nSPS) is 29.3. The standard InChI is InChI=1S/C15H16N2O5/c18-14(16-10-3-5-11(6-4-10)17(21)22)12-8-1-2-9(7-8)13(12)15(19)20/h3-6,8-9,12-13H,1-2,7H2,(H,16,18)(H,19,20). The van der Waals surface area contributed by atoms with Gasteiger partial charge in [-0.2, -0.15) is 0 Å². The number of amides is 1. The number of nitrogens with one attached hydrogen (secondary N) is 1. The molecular weight excluding hydrogens is 288 g/mol. The Morgan fingerprint density at radius 2 is 1.73 bits per heavy atom. The first kappa shape index (κ1) is 14.5. The molecule has 2 bridgehead atoms. The van der Waals surface area contributed by atoms with E-state index in [1.165, 1.54) is 24.3 Å². The number of non-ortho nitro benzene ring substituents is 1. The largest absolute Gasteiger partial charge is 0.481 e. The third-order valence-electron chi connectivity index (χ3n) is 4.85. The Morgan fingerprint density at radius 1 is 1.14 bits per heavy atom. The van der Waals surface area contributed by atoms with Gasteiger partial charge in [-0.1, -0.05) is 0 Å². The van der Waals surface area contributed by atoms with Gasteiger partial charge in [-0.3, -0.25) is 19.7 Å². The molecule has 2 aliphatic rings. The number of anilines is 1. The van der Waals surface area contributed by atoms with Gasteiger partial charge in [-0.15, -0.1) is 0 Å². The molecule has 1 aromatic rings. The molecule has 2 fully saturated rings. The average molecular weight is 304 g/mol. The van der Waals surface area contributed by atoms with E-state index in [2.05, 4.69) is 5.32 Å². The average Bonchev–Trinajstić information content (AvgIpc) is 3.08. The van der Waals surface area contributed by atoms with Crippen molar-refractivity contribution in [3.63, 3.8) is 0 Å². The summed E-state index contributed by atoms with van der Waals surface area (Å²) in [6, 6.07) is 5.54. The van der Waals surface area contributed by atoms with Gasteiger partial charge in [0.25, 0.3) is 5.69 Å². The third-order valence-corrected chi connectivity index (χ3v) is 4.85. The van der Waals surface area contributed by atoms with E-state index in [0.29, 0.717) is 5.69 Å². The summed E-state index contributed by atoms with van der Waals surface area (Å²) in [4.78, 5) is 33.9. The molecular formula is C15H16N2O5. The van der Waals surface area contributed by atoms with E-state index in [9.17, 15) is 24.8 Å². The summed E-state index contributed by atoms with van der Waals surface area (Å²) < 4.78 is 0. The van der Waals surface area contributed by atoms with Crippen molar-refractivity contribution in [2.75, 3.05) is 5.32 Å². The van der Waals surface area contributed by atoms with E-state index in [-0.39, 0.29) is 23.4 Å². The maximum absolute atomic E-state index is 12.4. The number of carboxylic acids is 1. The quantitative estimate of drug-likeness (QED) is 0.655. The second kappa shape index (κ2) is 5.40. The highest BCUT2D eigenvalue weighted by Gasteiger charge is 2.53. The van der Waals surface area contributed by atoms with Crippen molar-refractivity contribution >= 4 is 23.3 Å². The van der Waals surface area contributed by atoms with Gasteiger partial charge < -0.3 is 10.4 Å². The molecule has 22 heavy (non-hydrogen) atoms. The predicted molar refractivity (Wildman–Crippen MR) is 77.2 cm³/mol. The molecule has 7 heteroatoms. The molecule has 4 atom stereocenters. The molecule has 0 saturated heterocycles. The number of carbonyl (C=O) groups is 2. The number of carboxylic acid groups (broad SMARTS) is 1. The predicted octanol–water partition coefficient (Wildman–Crippen LogP) is 2.28. The molecule has 2 saturated carbocycles. The molecule has 0 aromatic heterocycles. The molecule has 1 aromatic carbocycles. The van der Waals surface area contributed by atoms with Crippen LogP contribution in [0.3, 0.4) is 0 Å². The lowest BCUT2D eigenvalue weighted by Crippen LogP contribution is -2.37. The van der Waals surface area contributed by atoms with Crippen molar-refractivity contribution < 1.29 is 19.6 Å². The summed E-state index contributed by atoms with van der Waals surface area (Å²) in [5.74, 6) is -2.10. The van der Waals surface area contributed by atoms with E-state index in [1.807, 2.05) is 0 Å². The van der Waals surface area contributed by atoms with Gasteiger partial charge in [0.1, 0.15) is 0 Å². The summed E-state index contributed by atoms with van der Waals surface area (Å²) >= 11 is 0. The van der Waals surface area contributed by atoms with Crippen LogP contribution in [0, 0.1) is 33.8 Å². The molecule has 2 N–H and O–H groups in total. The van der Waals surface area contributed by atoms with Crippen LogP contribution in [0.25, 0.3) is 0 Å². The van der Waals surface area contributed by atoms with Crippen molar-refractivity contribution in [3.05, 3.63) is 34.4 Å². The zero-order valence-corrected chi connectivity index (χ0v) is 11.8. The summed E-state index contributed by atoms with van der Waals surface area (Å²) in [5, 5.41) is 22.7. The molecule has 0 heterocycles. The van der Waals surface area contributed by atoms with Gasteiger partial charge in [-0.05, 0) is 43.2 Å². The fourth-order valence-electron chi connectivity index (χ4n) is 3.92. The number of fused-ring (bicyclic) bond motifs is 2. The maximum atomic E-state index is 12.4. The molecule has 7 nitrogen and oxygen atoms in total. The minimum atomic E-state index is -0.906. The fraction of sp³-hybridized carbons (Fsp3) is 0.467. The van der Waals surface area contributed by atoms with Crippen LogP contribution in [0.5, 0.6) is 0 Å². The molecule has 2 aliphatic carbocycles. The van der Waals surface area contributed by atoms with Crippen molar-refractivity contribution in [3.8, 4) is 0 Å². The number of hydrogen-bond donors (Lipinski definition) is 2. The molecule has 116 valence electrons. The second-order valence-electron chi connectivity index (χ2n) is 6.02. The Labute approximate surface area is 126 Å². The number of rotatable bonds is 4. The lowest BCUT2D eigenvalue weighted by molar-refractivity contribution is -0.384. The first-order chi connectivity index (χ1) is 10.5. The van der Waals surface area contributed by atoms with E-state index in [0.717, 1.165) is 19.3 Å². The number of aliphatic carboxylic acids is 1. The first-order valence-corrected chi connectivity index (χ1v) is 7.25. The number of benzene rings is 1. The molecule has 0 aliphatic heterocycles. The summed E-state index contributed by atoms with van der Waals surface area (Å²) in [6.07, 6.45) is 2.57. The number of carbonyl (C=O) groups excluding carboxylic acids is 1. The lowest BCUT2D eigenvalue weighted by Gasteiger charge is -2.27.